The van der Waals surface area contributed by atoms with Crippen molar-refractivity contribution in [2.45, 2.75) is 32.7 Å². The van der Waals surface area contributed by atoms with Crippen LogP contribution >= 0.6 is 0 Å². The van der Waals surface area contributed by atoms with E-state index < -0.39 is 18.0 Å². The number of carbonyl (C=O) groups excluding carboxylic acids is 1. The number of aryl methyl sites for hydroxylation is 1. The van der Waals surface area contributed by atoms with Crippen molar-refractivity contribution in [1.82, 2.24) is 10.6 Å². The zero-order valence-electron chi connectivity index (χ0n) is 11.6. The van der Waals surface area contributed by atoms with Crippen LogP contribution in [-0.4, -0.2) is 29.7 Å². The van der Waals surface area contributed by atoms with Gasteiger partial charge in [0.2, 0.25) is 0 Å². The van der Waals surface area contributed by atoms with Gasteiger partial charge in [-0.15, -0.1) is 0 Å². The summed E-state index contributed by atoms with van der Waals surface area (Å²) < 4.78 is 12.9. The second-order valence-electron chi connectivity index (χ2n) is 4.72. The first-order valence-corrected chi connectivity index (χ1v) is 6.39. The molecule has 0 heterocycles. The highest BCUT2D eigenvalue weighted by Crippen LogP contribution is 2.10. The number of carboxylic acid groups (broad SMARTS) is 1. The summed E-state index contributed by atoms with van der Waals surface area (Å²) in [6, 6.07) is 3.69. The molecule has 1 aromatic rings. The second kappa shape index (κ2) is 7.47. The number of carboxylic acids is 1. The molecule has 0 saturated carbocycles. The van der Waals surface area contributed by atoms with Crippen molar-refractivity contribution in [3.05, 3.63) is 35.1 Å². The van der Waals surface area contributed by atoms with Crippen molar-refractivity contribution in [2.75, 3.05) is 6.54 Å². The normalized spacial score (nSPS) is 11.8. The highest BCUT2D eigenvalue weighted by molar-refractivity contribution is 5.75. The van der Waals surface area contributed by atoms with Crippen LogP contribution in [0.3, 0.4) is 0 Å². The molecule has 6 heteroatoms. The van der Waals surface area contributed by atoms with E-state index in [0.29, 0.717) is 13.0 Å². The SMILES string of the molecule is Cc1cc(F)ccc1CCNC(=O)NC(C)CC(=O)O. The summed E-state index contributed by atoms with van der Waals surface area (Å²) in [7, 11) is 0. The Balaban J connectivity index is 2.33. The second-order valence-corrected chi connectivity index (χ2v) is 4.72. The largest absolute Gasteiger partial charge is 0.481 e. The van der Waals surface area contributed by atoms with Gasteiger partial charge >= 0.3 is 12.0 Å². The van der Waals surface area contributed by atoms with Crippen molar-refractivity contribution < 1.29 is 19.1 Å². The Hall–Kier alpha value is -2.11. The Kier molecular flexibility index (Phi) is 5.96. The average Bonchev–Trinajstić information content (AvgIpc) is 2.30. The standard InChI is InChI=1S/C14H19FN2O3/c1-9-7-12(15)4-3-11(9)5-6-16-14(20)17-10(2)8-13(18)19/h3-4,7,10H,5-6,8H2,1-2H3,(H,18,19)(H2,16,17,20). The monoisotopic (exact) mass is 282 g/mol. The lowest BCUT2D eigenvalue weighted by Gasteiger charge is -2.13. The van der Waals surface area contributed by atoms with Crippen LogP contribution in [0.15, 0.2) is 18.2 Å². The summed E-state index contributed by atoms with van der Waals surface area (Å²) in [5, 5.41) is 13.7. The summed E-state index contributed by atoms with van der Waals surface area (Å²) in [4.78, 5) is 21.9. The molecule has 1 unspecified atom stereocenters. The van der Waals surface area contributed by atoms with Crippen LogP contribution in [-0.2, 0) is 11.2 Å². The summed E-state index contributed by atoms with van der Waals surface area (Å²) in [5.74, 6) is -1.24. The Bertz CT molecular complexity index is 491. The first-order valence-electron chi connectivity index (χ1n) is 6.39. The molecule has 5 nitrogen and oxygen atoms in total. The maximum Gasteiger partial charge on any atom is 0.315 e. The van der Waals surface area contributed by atoms with E-state index in [0.717, 1.165) is 11.1 Å². The van der Waals surface area contributed by atoms with Gasteiger partial charge in [0.15, 0.2) is 0 Å². The molecule has 1 aromatic carbocycles. The highest BCUT2D eigenvalue weighted by atomic mass is 19.1. The van der Waals surface area contributed by atoms with E-state index in [2.05, 4.69) is 10.6 Å². The third-order valence-corrected chi connectivity index (χ3v) is 2.84. The number of rotatable bonds is 6. The molecular weight excluding hydrogens is 263 g/mol. The first-order chi connectivity index (χ1) is 9.38. The van der Waals surface area contributed by atoms with Crippen LogP contribution in [0.5, 0.6) is 0 Å². The molecule has 0 radical (unpaired) electrons. The van der Waals surface area contributed by atoms with Crippen molar-refractivity contribution in [3.8, 4) is 0 Å². The van der Waals surface area contributed by atoms with E-state index in [1.807, 2.05) is 6.92 Å². The molecule has 1 rings (SSSR count). The fourth-order valence-electron chi connectivity index (χ4n) is 1.84. The van der Waals surface area contributed by atoms with Crippen LogP contribution in [0.2, 0.25) is 0 Å². The van der Waals surface area contributed by atoms with Gasteiger partial charge in [0.05, 0.1) is 6.42 Å². The number of halogens is 1. The van der Waals surface area contributed by atoms with Crippen molar-refractivity contribution in [3.63, 3.8) is 0 Å². The number of benzene rings is 1. The highest BCUT2D eigenvalue weighted by Gasteiger charge is 2.10. The van der Waals surface area contributed by atoms with Gasteiger partial charge in [0, 0.05) is 12.6 Å². The zero-order valence-corrected chi connectivity index (χ0v) is 11.6. The van der Waals surface area contributed by atoms with Gasteiger partial charge in [0.1, 0.15) is 5.82 Å². The van der Waals surface area contributed by atoms with Crippen LogP contribution < -0.4 is 10.6 Å². The summed E-state index contributed by atoms with van der Waals surface area (Å²) in [6.07, 6.45) is 0.470. The lowest BCUT2D eigenvalue weighted by molar-refractivity contribution is -0.137. The van der Waals surface area contributed by atoms with Crippen LogP contribution in [0.25, 0.3) is 0 Å². The number of amides is 2. The van der Waals surface area contributed by atoms with Gasteiger partial charge in [-0.1, -0.05) is 6.07 Å². The molecule has 0 aliphatic heterocycles. The molecule has 0 aromatic heterocycles. The smallest absolute Gasteiger partial charge is 0.315 e. The number of hydrogen-bond acceptors (Lipinski definition) is 2. The molecule has 0 fully saturated rings. The maximum atomic E-state index is 12.9. The molecule has 0 saturated heterocycles. The van der Waals surface area contributed by atoms with E-state index >= 15 is 0 Å². The Morgan fingerprint density at radius 3 is 2.70 bits per heavy atom. The van der Waals surface area contributed by atoms with Crippen molar-refractivity contribution in [2.24, 2.45) is 0 Å². The van der Waals surface area contributed by atoms with Crippen LogP contribution in [0, 0.1) is 12.7 Å². The minimum Gasteiger partial charge on any atom is -0.481 e. The minimum absolute atomic E-state index is 0.121. The fourth-order valence-corrected chi connectivity index (χ4v) is 1.84. The molecule has 0 bridgehead atoms. The van der Waals surface area contributed by atoms with Gasteiger partial charge in [-0.2, -0.15) is 0 Å². The Morgan fingerprint density at radius 2 is 2.10 bits per heavy atom. The van der Waals surface area contributed by atoms with Gasteiger partial charge in [-0.3, -0.25) is 4.79 Å². The van der Waals surface area contributed by atoms with E-state index in [-0.39, 0.29) is 12.2 Å². The van der Waals surface area contributed by atoms with Crippen molar-refractivity contribution >= 4 is 12.0 Å². The van der Waals surface area contributed by atoms with E-state index in [4.69, 9.17) is 5.11 Å². The van der Waals surface area contributed by atoms with Crippen LogP contribution in [0.4, 0.5) is 9.18 Å². The molecule has 2 amide bonds. The molecule has 3 N–H and O–H groups in total. The topological polar surface area (TPSA) is 78.4 Å². The lowest BCUT2D eigenvalue weighted by Crippen LogP contribution is -2.42. The molecule has 110 valence electrons. The molecule has 1 atom stereocenters. The summed E-state index contributed by atoms with van der Waals surface area (Å²) in [5.41, 5.74) is 1.80. The number of carbonyl (C=O) groups is 2. The third-order valence-electron chi connectivity index (χ3n) is 2.84. The Morgan fingerprint density at radius 1 is 1.40 bits per heavy atom. The van der Waals surface area contributed by atoms with Crippen molar-refractivity contribution in [1.29, 1.82) is 0 Å². The predicted octanol–water partition coefficient (Wildman–Crippen LogP) is 1.84. The lowest BCUT2D eigenvalue weighted by atomic mass is 10.1. The van der Waals surface area contributed by atoms with Gasteiger partial charge in [0.25, 0.3) is 0 Å². The van der Waals surface area contributed by atoms with Crippen LogP contribution in [0.1, 0.15) is 24.5 Å². The maximum absolute atomic E-state index is 12.9. The average molecular weight is 282 g/mol. The fraction of sp³-hybridized carbons (Fsp3) is 0.429. The first kappa shape index (κ1) is 15.9. The van der Waals surface area contributed by atoms with E-state index in [1.54, 1.807) is 13.0 Å². The zero-order chi connectivity index (χ0) is 15.1. The molecule has 20 heavy (non-hydrogen) atoms. The minimum atomic E-state index is -0.959. The number of urea groups is 1. The molecule has 0 aliphatic carbocycles. The summed E-state index contributed by atoms with van der Waals surface area (Å²) >= 11 is 0. The molecular formula is C14H19FN2O3. The number of nitrogens with one attached hydrogen (secondary N) is 2. The number of aliphatic carboxylic acids is 1. The van der Waals surface area contributed by atoms with E-state index in [1.165, 1.54) is 12.1 Å². The number of hydrogen-bond donors (Lipinski definition) is 3. The third kappa shape index (κ3) is 5.69. The van der Waals surface area contributed by atoms with Gasteiger partial charge in [-0.25, -0.2) is 9.18 Å². The molecule has 0 spiro atoms. The predicted molar refractivity (Wildman–Crippen MR) is 73.1 cm³/mol. The Labute approximate surface area is 117 Å². The quantitative estimate of drug-likeness (QED) is 0.745. The molecule has 0 aliphatic rings. The van der Waals surface area contributed by atoms with Gasteiger partial charge < -0.3 is 15.7 Å². The summed E-state index contributed by atoms with van der Waals surface area (Å²) in [6.45, 7) is 3.84. The van der Waals surface area contributed by atoms with E-state index in [9.17, 15) is 14.0 Å². The van der Waals surface area contributed by atoms with Gasteiger partial charge in [-0.05, 0) is 43.5 Å².